The SMILES string of the molecule is CCCCC/C=C/C/C=C/C/C=C/C/C=C/C/C=C/CCC(=O)O[C@H](COC(=O)CCCCCCCCCCCCCCCCC)CO[C@H]1O[C@@H](CO[C@H]2O[C@@H](CO)[C@@H](O)C(O)C2O)[C@@H](O)C(O)C1O. The topological polar surface area (TPSA) is 231 Å². The maximum absolute atomic E-state index is 13.0. The standard InChI is InChI=1S/C55H94O15/c1-3-5-7-9-11-13-15-17-19-20-21-22-24-26-28-30-32-34-36-38-47(58)68-43(40-65-46(57)37-35-33-31-29-27-25-23-18-16-14-12-10-8-6-4-2)41-66-54-53(64)51(62)49(60)45(70-54)42-67-55-52(63)50(61)48(59)44(39-56)69-55/h11,13,17,19,21-22,26,28,32,34,43-45,48-56,59-64H,3-10,12,14-16,18,20,23-25,27,29-31,33,35-42H2,1-2H3/b13-11+,19-17+,22-21+,28-26+,34-32+/t43-,44+,45+,48-,49-,50?,51?,52?,53?,54+,55+/m1/s1. The second-order valence-electron chi connectivity index (χ2n) is 18.7. The van der Waals surface area contributed by atoms with E-state index in [1.165, 1.54) is 89.9 Å². The van der Waals surface area contributed by atoms with Crippen LogP contribution in [0.4, 0.5) is 0 Å². The number of carbonyl (C=O) groups is 2. The molecular formula is C55H94O15. The molecule has 2 fully saturated rings. The molecule has 11 atom stereocenters. The van der Waals surface area contributed by atoms with Gasteiger partial charge in [0.25, 0.3) is 0 Å². The monoisotopic (exact) mass is 995 g/mol. The number of aliphatic hydroxyl groups excluding tert-OH is 7. The zero-order chi connectivity index (χ0) is 51.0. The molecule has 0 radical (unpaired) electrons. The van der Waals surface area contributed by atoms with E-state index in [9.17, 15) is 45.3 Å². The highest BCUT2D eigenvalue weighted by Gasteiger charge is 2.47. The molecule has 70 heavy (non-hydrogen) atoms. The number of aliphatic hydroxyl groups is 7. The first-order valence-electron chi connectivity index (χ1n) is 26.9. The van der Waals surface area contributed by atoms with E-state index in [0.29, 0.717) is 19.3 Å². The lowest BCUT2D eigenvalue weighted by molar-refractivity contribution is -0.332. The van der Waals surface area contributed by atoms with Gasteiger partial charge in [0.2, 0.25) is 0 Å². The molecule has 2 heterocycles. The van der Waals surface area contributed by atoms with Crippen molar-refractivity contribution in [3.05, 3.63) is 60.8 Å². The highest BCUT2D eigenvalue weighted by atomic mass is 16.7. The Labute approximate surface area is 420 Å². The third kappa shape index (κ3) is 29.0. The molecule has 0 aromatic rings. The van der Waals surface area contributed by atoms with Crippen molar-refractivity contribution in [1.82, 2.24) is 0 Å². The van der Waals surface area contributed by atoms with E-state index in [1.54, 1.807) is 0 Å². The third-order valence-electron chi connectivity index (χ3n) is 12.5. The summed E-state index contributed by atoms with van der Waals surface area (Å²) in [5.74, 6) is -1.02. The summed E-state index contributed by atoms with van der Waals surface area (Å²) in [6.07, 6.45) is 31.1. The summed E-state index contributed by atoms with van der Waals surface area (Å²) in [4.78, 5) is 25.8. The van der Waals surface area contributed by atoms with Crippen molar-refractivity contribution in [2.75, 3.05) is 26.4 Å². The van der Waals surface area contributed by atoms with Gasteiger partial charge in [0.05, 0.1) is 19.8 Å². The Morgan fingerprint density at radius 2 is 0.886 bits per heavy atom. The zero-order valence-corrected chi connectivity index (χ0v) is 42.7. The number of esters is 2. The molecule has 0 saturated carbocycles. The van der Waals surface area contributed by atoms with E-state index < -0.39 is 99.3 Å². The highest BCUT2D eigenvalue weighted by molar-refractivity contribution is 5.70. The summed E-state index contributed by atoms with van der Waals surface area (Å²) in [5.41, 5.74) is 0. The maximum Gasteiger partial charge on any atom is 0.306 e. The molecule has 2 aliphatic rings. The van der Waals surface area contributed by atoms with Crippen molar-refractivity contribution in [2.45, 2.75) is 248 Å². The number of hydrogen-bond donors (Lipinski definition) is 7. The Morgan fingerprint density at radius 3 is 1.40 bits per heavy atom. The van der Waals surface area contributed by atoms with Crippen LogP contribution in [0, 0.1) is 0 Å². The minimum absolute atomic E-state index is 0.0412. The first kappa shape index (κ1) is 63.3. The van der Waals surface area contributed by atoms with Crippen LogP contribution in [-0.4, -0.2) is 142 Å². The van der Waals surface area contributed by atoms with Gasteiger partial charge in [-0.15, -0.1) is 0 Å². The van der Waals surface area contributed by atoms with Crippen LogP contribution >= 0.6 is 0 Å². The van der Waals surface area contributed by atoms with Crippen molar-refractivity contribution in [1.29, 1.82) is 0 Å². The second-order valence-corrected chi connectivity index (χ2v) is 18.7. The summed E-state index contributed by atoms with van der Waals surface area (Å²) in [6, 6.07) is 0. The molecule has 4 unspecified atom stereocenters. The fourth-order valence-corrected chi connectivity index (χ4v) is 8.08. The second kappa shape index (κ2) is 41.6. The highest BCUT2D eigenvalue weighted by Crippen LogP contribution is 2.26. The van der Waals surface area contributed by atoms with Crippen LogP contribution in [0.25, 0.3) is 0 Å². The van der Waals surface area contributed by atoms with Crippen LogP contribution in [0.2, 0.25) is 0 Å². The van der Waals surface area contributed by atoms with E-state index >= 15 is 0 Å². The van der Waals surface area contributed by atoms with Gasteiger partial charge < -0.3 is 64.2 Å². The predicted octanol–water partition coefficient (Wildman–Crippen LogP) is 8.05. The van der Waals surface area contributed by atoms with E-state index in [0.717, 1.165) is 44.9 Å². The smallest absolute Gasteiger partial charge is 0.306 e. The summed E-state index contributed by atoms with van der Waals surface area (Å²) in [7, 11) is 0. The van der Waals surface area contributed by atoms with Crippen LogP contribution in [0.15, 0.2) is 60.8 Å². The lowest BCUT2D eigenvalue weighted by Gasteiger charge is -2.42. The lowest BCUT2D eigenvalue weighted by atomic mass is 9.98. The van der Waals surface area contributed by atoms with Crippen LogP contribution < -0.4 is 0 Å². The summed E-state index contributed by atoms with van der Waals surface area (Å²) < 4.78 is 33.5. The lowest BCUT2D eigenvalue weighted by Crippen LogP contribution is -2.61. The van der Waals surface area contributed by atoms with Gasteiger partial charge in [-0.05, 0) is 51.4 Å². The zero-order valence-electron chi connectivity index (χ0n) is 42.7. The Morgan fingerprint density at radius 1 is 0.457 bits per heavy atom. The Kier molecular flexibility index (Phi) is 37.7. The molecule has 0 bridgehead atoms. The quantitative estimate of drug-likeness (QED) is 0.0175. The van der Waals surface area contributed by atoms with Crippen LogP contribution in [0.1, 0.15) is 181 Å². The van der Waals surface area contributed by atoms with Crippen LogP contribution in [0.3, 0.4) is 0 Å². The molecule has 0 aliphatic carbocycles. The summed E-state index contributed by atoms with van der Waals surface area (Å²) in [6.45, 7) is 2.49. The number of hydrogen-bond acceptors (Lipinski definition) is 15. The summed E-state index contributed by atoms with van der Waals surface area (Å²) in [5, 5.41) is 72.1. The van der Waals surface area contributed by atoms with Gasteiger partial charge in [-0.3, -0.25) is 9.59 Å². The van der Waals surface area contributed by atoms with E-state index in [2.05, 4.69) is 62.5 Å². The van der Waals surface area contributed by atoms with E-state index in [-0.39, 0.29) is 19.4 Å². The van der Waals surface area contributed by atoms with Gasteiger partial charge in [0, 0.05) is 12.8 Å². The number of rotatable bonds is 41. The molecule has 404 valence electrons. The normalized spacial score (nSPS) is 25.8. The minimum Gasteiger partial charge on any atom is -0.462 e. The number of unbranched alkanes of at least 4 members (excludes halogenated alkanes) is 17. The number of ether oxygens (including phenoxy) is 6. The molecule has 2 saturated heterocycles. The predicted molar refractivity (Wildman–Crippen MR) is 270 cm³/mol. The van der Waals surface area contributed by atoms with Crippen LogP contribution in [-0.2, 0) is 38.0 Å². The molecule has 7 N–H and O–H groups in total. The summed E-state index contributed by atoms with van der Waals surface area (Å²) >= 11 is 0. The minimum atomic E-state index is -1.78. The molecule has 0 aromatic carbocycles. The van der Waals surface area contributed by atoms with Crippen molar-refractivity contribution in [3.63, 3.8) is 0 Å². The molecule has 15 nitrogen and oxygen atoms in total. The average molecular weight is 995 g/mol. The Hall–Kier alpha value is -2.80. The fourth-order valence-electron chi connectivity index (χ4n) is 8.08. The fraction of sp³-hybridized carbons (Fsp3) is 0.782. The van der Waals surface area contributed by atoms with Gasteiger partial charge in [0.15, 0.2) is 18.7 Å². The van der Waals surface area contributed by atoms with Crippen molar-refractivity contribution >= 4 is 11.9 Å². The van der Waals surface area contributed by atoms with E-state index in [1.807, 2.05) is 12.2 Å². The van der Waals surface area contributed by atoms with Crippen molar-refractivity contribution in [3.8, 4) is 0 Å². The number of carbonyl (C=O) groups excluding carboxylic acids is 2. The Bertz CT molecular complexity index is 1450. The van der Waals surface area contributed by atoms with Crippen molar-refractivity contribution < 1.29 is 73.8 Å². The molecule has 0 amide bonds. The maximum atomic E-state index is 13.0. The molecule has 0 spiro atoms. The van der Waals surface area contributed by atoms with Crippen molar-refractivity contribution in [2.24, 2.45) is 0 Å². The Balaban J connectivity index is 1.83. The van der Waals surface area contributed by atoms with Crippen LogP contribution in [0.5, 0.6) is 0 Å². The first-order chi connectivity index (χ1) is 34.0. The molecule has 15 heteroatoms. The number of allylic oxidation sites excluding steroid dienone is 10. The van der Waals surface area contributed by atoms with Gasteiger partial charge in [0.1, 0.15) is 55.4 Å². The molecule has 2 rings (SSSR count). The van der Waals surface area contributed by atoms with E-state index in [4.69, 9.17) is 28.4 Å². The molecular weight excluding hydrogens is 901 g/mol. The molecule has 0 aromatic heterocycles. The van der Waals surface area contributed by atoms with Gasteiger partial charge in [-0.1, -0.05) is 177 Å². The molecule has 2 aliphatic heterocycles. The third-order valence-corrected chi connectivity index (χ3v) is 12.5. The average Bonchev–Trinajstić information content (AvgIpc) is 3.35. The first-order valence-corrected chi connectivity index (χ1v) is 26.9. The van der Waals surface area contributed by atoms with Gasteiger partial charge in [-0.25, -0.2) is 0 Å². The largest absolute Gasteiger partial charge is 0.462 e. The van der Waals surface area contributed by atoms with Gasteiger partial charge in [-0.2, -0.15) is 0 Å². The van der Waals surface area contributed by atoms with Gasteiger partial charge >= 0.3 is 11.9 Å².